The van der Waals surface area contributed by atoms with E-state index in [2.05, 4.69) is 53.4 Å². The molecular weight excluding hydrogens is 498 g/mol. The van der Waals surface area contributed by atoms with E-state index in [1.807, 2.05) is 0 Å². The zero-order valence-corrected chi connectivity index (χ0v) is 26.5. The fraction of sp³-hybridized carbons (Fsp3) is 0.886. The van der Waals surface area contributed by atoms with Crippen molar-refractivity contribution < 1.29 is 19.4 Å². The van der Waals surface area contributed by atoms with Crippen LogP contribution in [-0.4, -0.2) is 36.2 Å². The van der Waals surface area contributed by atoms with Gasteiger partial charge >= 0.3 is 5.97 Å². The SMILES string of the molecule is C=C(C)[C@@H]1CC[C@]2(CCOC(=O)CNC(C)=O)CC[C@]3(C)[C@H](CC[C@@H]4[C@@]5(C)CCC(O)C(C)(C)[C@@H]5CC[C@]43C)[C@@H]12. The Kier molecular flexibility index (Phi) is 7.62. The number of carbonyl (C=O) groups excluding carboxylic acids is 2. The first kappa shape index (κ1) is 30.1. The quantitative estimate of drug-likeness (QED) is 0.271. The van der Waals surface area contributed by atoms with Crippen LogP contribution in [0.1, 0.15) is 119 Å². The molecule has 0 aromatic heterocycles. The van der Waals surface area contributed by atoms with Crippen LogP contribution in [0.4, 0.5) is 0 Å². The third-order valence-corrected chi connectivity index (χ3v) is 14.6. The van der Waals surface area contributed by atoms with Gasteiger partial charge in [-0.05, 0) is 134 Å². The van der Waals surface area contributed by atoms with Gasteiger partial charge in [-0.1, -0.05) is 46.8 Å². The summed E-state index contributed by atoms with van der Waals surface area (Å²) in [6.45, 7) is 21.2. The number of aliphatic hydroxyl groups is 1. The van der Waals surface area contributed by atoms with E-state index in [0.29, 0.717) is 52.4 Å². The zero-order valence-electron chi connectivity index (χ0n) is 26.5. The topological polar surface area (TPSA) is 75.6 Å². The van der Waals surface area contributed by atoms with Crippen LogP contribution >= 0.6 is 0 Å². The maximum atomic E-state index is 12.3. The summed E-state index contributed by atoms with van der Waals surface area (Å²) >= 11 is 0. The van der Waals surface area contributed by atoms with Gasteiger partial charge in [-0.3, -0.25) is 9.59 Å². The third-order valence-electron chi connectivity index (χ3n) is 14.6. The molecule has 0 aromatic carbocycles. The second-order valence-electron chi connectivity index (χ2n) is 16.3. The standard InChI is InChI=1S/C35H57NO4/c1-22(2)24-11-16-35(19-20-40-29(39)21-36-23(3)37)18-17-33(7)25(30(24)35)9-10-27-32(6)14-13-28(38)31(4,5)26(32)12-15-34(27,33)8/h24-28,30,38H,1,9-21H2,2-8H3,(H,36,37)/t24-,25+,26-,27+,28?,30+,32-,33+,34+,35+/m0/s1. The number of ether oxygens (including phenoxy) is 1. The third kappa shape index (κ3) is 4.33. The Hall–Kier alpha value is -1.36. The number of rotatable bonds is 6. The first-order chi connectivity index (χ1) is 18.6. The van der Waals surface area contributed by atoms with Gasteiger partial charge in [0.15, 0.2) is 0 Å². The van der Waals surface area contributed by atoms with E-state index in [-0.39, 0.29) is 35.4 Å². The highest BCUT2D eigenvalue weighted by atomic mass is 16.5. The van der Waals surface area contributed by atoms with E-state index in [1.165, 1.54) is 63.9 Å². The van der Waals surface area contributed by atoms with Gasteiger partial charge in [0, 0.05) is 6.92 Å². The molecule has 0 spiro atoms. The molecule has 1 unspecified atom stereocenters. The number of allylic oxidation sites excluding steroid dienone is 1. The molecular formula is C35H57NO4. The summed E-state index contributed by atoms with van der Waals surface area (Å²) < 4.78 is 5.66. The molecule has 226 valence electrons. The average Bonchev–Trinajstić information content (AvgIpc) is 3.26. The molecule has 5 heteroatoms. The van der Waals surface area contributed by atoms with Crippen molar-refractivity contribution in [2.75, 3.05) is 13.2 Å². The summed E-state index contributed by atoms with van der Waals surface area (Å²) in [7, 11) is 0. The van der Waals surface area contributed by atoms with E-state index in [0.717, 1.165) is 19.3 Å². The number of hydrogen-bond acceptors (Lipinski definition) is 4. The second-order valence-corrected chi connectivity index (χ2v) is 16.3. The van der Waals surface area contributed by atoms with Crippen molar-refractivity contribution in [2.45, 2.75) is 125 Å². The fourth-order valence-corrected chi connectivity index (χ4v) is 12.3. The zero-order chi connectivity index (χ0) is 29.3. The Morgan fingerprint density at radius 3 is 2.27 bits per heavy atom. The summed E-state index contributed by atoms with van der Waals surface area (Å²) in [6.07, 6.45) is 12.8. The van der Waals surface area contributed by atoms with Crippen LogP contribution < -0.4 is 5.32 Å². The number of aliphatic hydroxyl groups excluding tert-OH is 1. The minimum Gasteiger partial charge on any atom is -0.464 e. The maximum Gasteiger partial charge on any atom is 0.325 e. The summed E-state index contributed by atoms with van der Waals surface area (Å²) in [6, 6.07) is 0. The first-order valence-electron chi connectivity index (χ1n) is 16.4. The molecule has 5 aliphatic carbocycles. The van der Waals surface area contributed by atoms with Gasteiger partial charge < -0.3 is 15.2 Å². The predicted molar refractivity (Wildman–Crippen MR) is 159 cm³/mol. The molecule has 1 amide bonds. The van der Waals surface area contributed by atoms with Crippen LogP contribution in [0.25, 0.3) is 0 Å². The van der Waals surface area contributed by atoms with Crippen LogP contribution in [0.2, 0.25) is 0 Å². The Balaban J connectivity index is 1.41. The number of nitrogens with one attached hydrogen (secondary N) is 1. The molecule has 0 bridgehead atoms. The smallest absolute Gasteiger partial charge is 0.325 e. The molecule has 40 heavy (non-hydrogen) atoms. The summed E-state index contributed by atoms with van der Waals surface area (Å²) in [5.74, 6) is 2.58. The van der Waals surface area contributed by atoms with Gasteiger partial charge in [0.1, 0.15) is 6.54 Å². The Bertz CT molecular complexity index is 1040. The summed E-state index contributed by atoms with van der Waals surface area (Å²) in [5.41, 5.74) is 2.43. The van der Waals surface area contributed by atoms with Crippen molar-refractivity contribution in [3.63, 3.8) is 0 Å². The molecule has 10 atom stereocenters. The monoisotopic (exact) mass is 555 g/mol. The molecule has 0 saturated heterocycles. The number of esters is 1. The van der Waals surface area contributed by atoms with E-state index in [9.17, 15) is 14.7 Å². The lowest BCUT2D eigenvalue weighted by atomic mass is 9.32. The van der Waals surface area contributed by atoms with Gasteiger partial charge in [-0.15, -0.1) is 0 Å². The van der Waals surface area contributed by atoms with Crippen molar-refractivity contribution in [3.8, 4) is 0 Å². The van der Waals surface area contributed by atoms with Crippen LogP contribution in [-0.2, 0) is 14.3 Å². The molecule has 5 aliphatic rings. The lowest BCUT2D eigenvalue weighted by molar-refractivity contribution is -0.248. The number of carbonyl (C=O) groups is 2. The fourth-order valence-electron chi connectivity index (χ4n) is 12.3. The number of hydrogen-bond donors (Lipinski definition) is 2. The molecule has 0 heterocycles. The molecule has 0 aromatic rings. The van der Waals surface area contributed by atoms with E-state index >= 15 is 0 Å². The predicted octanol–water partition coefficient (Wildman–Crippen LogP) is 7.07. The van der Waals surface area contributed by atoms with Crippen molar-refractivity contribution in [3.05, 3.63) is 12.2 Å². The van der Waals surface area contributed by atoms with Gasteiger partial charge in [-0.2, -0.15) is 0 Å². The molecule has 2 N–H and O–H groups in total. The summed E-state index contributed by atoms with van der Waals surface area (Å²) in [4.78, 5) is 23.5. The first-order valence-corrected chi connectivity index (χ1v) is 16.4. The summed E-state index contributed by atoms with van der Waals surface area (Å²) in [5, 5.41) is 13.6. The second kappa shape index (κ2) is 10.1. The molecule has 5 fully saturated rings. The van der Waals surface area contributed by atoms with Gasteiger partial charge in [0.05, 0.1) is 12.7 Å². The van der Waals surface area contributed by atoms with Crippen LogP contribution in [0.3, 0.4) is 0 Å². The molecule has 5 nitrogen and oxygen atoms in total. The number of amides is 1. The highest BCUT2D eigenvalue weighted by Gasteiger charge is 2.70. The van der Waals surface area contributed by atoms with E-state index < -0.39 is 0 Å². The highest BCUT2D eigenvalue weighted by molar-refractivity contribution is 5.80. The molecule has 5 rings (SSSR count). The van der Waals surface area contributed by atoms with E-state index in [4.69, 9.17) is 4.74 Å². The lowest BCUT2D eigenvalue weighted by Crippen LogP contribution is -2.66. The Morgan fingerprint density at radius 2 is 1.60 bits per heavy atom. The van der Waals surface area contributed by atoms with Crippen LogP contribution in [0.15, 0.2) is 12.2 Å². The largest absolute Gasteiger partial charge is 0.464 e. The minimum absolute atomic E-state index is 0.0122. The molecule has 5 saturated carbocycles. The average molecular weight is 556 g/mol. The van der Waals surface area contributed by atoms with Crippen molar-refractivity contribution >= 4 is 11.9 Å². The van der Waals surface area contributed by atoms with Crippen molar-refractivity contribution in [2.24, 2.45) is 56.7 Å². The highest BCUT2D eigenvalue weighted by Crippen LogP contribution is 2.77. The van der Waals surface area contributed by atoms with Gasteiger partial charge in [0.25, 0.3) is 0 Å². The van der Waals surface area contributed by atoms with E-state index in [1.54, 1.807) is 0 Å². The minimum atomic E-state index is -0.336. The van der Waals surface area contributed by atoms with Gasteiger partial charge in [-0.25, -0.2) is 0 Å². The molecule has 0 radical (unpaired) electrons. The Labute approximate surface area is 243 Å². The maximum absolute atomic E-state index is 12.3. The Morgan fingerprint density at radius 1 is 0.875 bits per heavy atom. The van der Waals surface area contributed by atoms with Gasteiger partial charge in [0.2, 0.25) is 5.91 Å². The molecule has 0 aliphatic heterocycles. The van der Waals surface area contributed by atoms with Crippen LogP contribution in [0, 0.1) is 56.7 Å². The number of fused-ring (bicyclic) bond motifs is 7. The van der Waals surface area contributed by atoms with Crippen molar-refractivity contribution in [1.29, 1.82) is 0 Å². The van der Waals surface area contributed by atoms with Crippen molar-refractivity contribution in [1.82, 2.24) is 5.32 Å². The normalized spacial score (nSPS) is 47.2. The lowest BCUT2D eigenvalue weighted by Gasteiger charge is -2.73. The van der Waals surface area contributed by atoms with Crippen LogP contribution in [0.5, 0.6) is 0 Å².